The summed E-state index contributed by atoms with van der Waals surface area (Å²) in [5, 5.41) is 4.11. The minimum absolute atomic E-state index is 0.0428. The topological polar surface area (TPSA) is 45.9 Å². The maximum Gasteiger partial charge on any atom is 0.260 e. The number of benzene rings is 2. The molecule has 1 atom stereocenters. The van der Waals surface area contributed by atoms with Crippen LogP contribution in [0.1, 0.15) is 67.2 Å². The number of methoxy groups -OCH3 is 1. The van der Waals surface area contributed by atoms with Gasteiger partial charge >= 0.3 is 0 Å². The largest absolute Gasteiger partial charge is 0.381 e. The third-order valence-electron chi connectivity index (χ3n) is 9.21. The summed E-state index contributed by atoms with van der Waals surface area (Å²) in [5.41, 5.74) is 4.04. The molecule has 6 heteroatoms. The van der Waals surface area contributed by atoms with E-state index in [2.05, 4.69) is 28.4 Å². The van der Waals surface area contributed by atoms with Gasteiger partial charge in [0.2, 0.25) is 0 Å². The molecule has 2 aromatic rings. The highest BCUT2D eigenvalue weighted by atomic mass is 32.1. The molecule has 2 aromatic carbocycles. The minimum atomic E-state index is -0.846. The molecule has 3 aliphatic carbocycles. The Bertz CT molecular complexity index is 1260. The Morgan fingerprint density at radius 1 is 1.17 bits per heavy atom. The Morgan fingerprint density at radius 3 is 2.67 bits per heavy atom. The molecule has 36 heavy (non-hydrogen) atoms. The average Bonchev–Trinajstić information content (AvgIpc) is 3.66. The maximum atomic E-state index is 14.6. The number of nitrogens with one attached hydrogen (secondary N) is 1. The van der Waals surface area contributed by atoms with Crippen LogP contribution in [0.5, 0.6) is 0 Å². The van der Waals surface area contributed by atoms with Crippen molar-refractivity contribution in [3.63, 3.8) is 0 Å². The number of hydrogen-bond donors (Lipinski definition) is 1. The van der Waals surface area contributed by atoms with Crippen LogP contribution in [-0.4, -0.2) is 29.1 Å². The first kappa shape index (κ1) is 23.6. The molecule has 5 nitrogen and oxygen atoms in total. The number of carbonyl (C=O) groups is 1. The van der Waals surface area contributed by atoms with E-state index in [4.69, 9.17) is 23.5 Å². The Balaban J connectivity index is 1.40. The highest BCUT2D eigenvalue weighted by molar-refractivity contribution is 7.80. The molecule has 1 N–H and O–H groups in total. The molecule has 1 unspecified atom stereocenters. The van der Waals surface area contributed by atoms with E-state index in [1.807, 2.05) is 18.2 Å². The summed E-state index contributed by atoms with van der Waals surface area (Å²) in [4.78, 5) is 20.0. The van der Waals surface area contributed by atoms with E-state index in [-0.39, 0.29) is 17.4 Å². The van der Waals surface area contributed by atoms with Crippen LogP contribution in [0.3, 0.4) is 0 Å². The van der Waals surface area contributed by atoms with Crippen LogP contribution in [0.2, 0.25) is 0 Å². The molecule has 3 fully saturated rings. The number of rotatable bonds is 6. The van der Waals surface area contributed by atoms with Crippen molar-refractivity contribution in [3.05, 3.63) is 76.1 Å². The van der Waals surface area contributed by atoms with Crippen LogP contribution in [0.4, 0.5) is 5.69 Å². The Morgan fingerprint density at radius 2 is 1.94 bits per heavy atom. The summed E-state index contributed by atoms with van der Waals surface area (Å²) in [6.45, 7) is 7.89. The lowest BCUT2D eigenvalue weighted by molar-refractivity contribution is -0.138. The van der Waals surface area contributed by atoms with Crippen molar-refractivity contribution in [2.45, 2.75) is 76.0 Å². The van der Waals surface area contributed by atoms with Gasteiger partial charge in [-0.15, -0.1) is 0 Å². The predicted octanol–water partition coefficient (Wildman–Crippen LogP) is 5.82. The zero-order valence-electron chi connectivity index (χ0n) is 20.9. The standard InChI is InChI=1S/C30H33N3O2S/c1-31-26-6-4-3-5-23(26)19-33-27(34)30(32-28(33)36)25-17-21(10-9-20-7-8-20)11-12-22(25)18-29(30)15-13-24(35-2)14-16-29/h3-6,11-12,17,20,24H,7-10,13-16,18-19H2,2H3,(H,32,36). The fourth-order valence-electron chi connectivity index (χ4n) is 6.96. The van der Waals surface area contributed by atoms with E-state index >= 15 is 0 Å². The number of fused-ring (bicyclic) bond motifs is 3. The number of thiocarbonyl (C=S) groups is 1. The molecule has 4 aliphatic rings. The highest BCUT2D eigenvalue weighted by Gasteiger charge is 2.67. The lowest BCUT2D eigenvalue weighted by Crippen LogP contribution is -2.56. The molecule has 2 spiro atoms. The molecule has 1 heterocycles. The first-order valence-electron chi connectivity index (χ1n) is 13.2. The maximum absolute atomic E-state index is 14.6. The van der Waals surface area contributed by atoms with Gasteiger partial charge in [0.1, 0.15) is 0 Å². The van der Waals surface area contributed by atoms with E-state index < -0.39 is 5.54 Å². The summed E-state index contributed by atoms with van der Waals surface area (Å²) in [7, 11) is 1.79. The molecule has 6 rings (SSSR count). The molecule has 186 valence electrons. The molecule has 1 amide bonds. The van der Waals surface area contributed by atoms with Crippen LogP contribution < -0.4 is 5.32 Å². The van der Waals surface area contributed by atoms with E-state index in [0.29, 0.717) is 17.3 Å². The quantitative estimate of drug-likeness (QED) is 0.402. The molecule has 1 saturated heterocycles. The van der Waals surface area contributed by atoms with Crippen LogP contribution in [0.15, 0.2) is 42.5 Å². The van der Waals surface area contributed by atoms with E-state index in [1.165, 1.54) is 30.4 Å². The Labute approximate surface area is 219 Å². The monoisotopic (exact) mass is 499 g/mol. The van der Waals surface area contributed by atoms with Crippen molar-refractivity contribution in [2.75, 3.05) is 7.11 Å². The minimum Gasteiger partial charge on any atom is -0.381 e. The van der Waals surface area contributed by atoms with Gasteiger partial charge in [-0.05, 0) is 85.3 Å². The Kier molecular flexibility index (Phi) is 5.89. The van der Waals surface area contributed by atoms with E-state index in [0.717, 1.165) is 55.6 Å². The summed E-state index contributed by atoms with van der Waals surface area (Å²) in [6, 6.07) is 14.4. The molecule has 1 aliphatic heterocycles. The SMILES string of the molecule is [C-]#[N+]c1ccccc1CN1C(=O)C2(NC1=S)c1cc(CCC3CC3)ccc1CC21CCC(OC)CC1. The molecule has 0 bridgehead atoms. The van der Waals surface area contributed by atoms with Crippen molar-refractivity contribution in [3.8, 4) is 0 Å². The van der Waals surface area contributed by atoms with Gasteiger partial charge in [-0.3, -0.25) is 9.69 Å². The normalized spacial score (nSPS) is 29.0. The van der Waals surface area contributed by atoms with Crippen molar-refractivity contribution in [1.29, 1.82) is 0 Å². The fourth-order valence-corrected chi connectivity index (χ4v) is 7.26. The van der Waals surface area contributed by atoms with Crippen molar-refractivity contribution in [1.82, 2.24) is 10.2 Å². The lowest BCUT2D eigenvalue weighted by atomic mass is 9.61. The summed E-state index contributed by atoms with van der Waals surface area (Å²) in [5.74, 6) is 0.918. The summed E-state index contributed by atoms with van der Waals surface area (Å²) >= 11 is 5.85. The second-order valence-corrected chi connectivity index (χ2v) is 11.6. The van der Waals surface area contributed by atoms with E-state index in [1.54, 1.807) is 18.1 Å². The lowest BCUT2D eigenvalue weighted by Gasteiger charge is -2.46. The van der Waals surface area contributed by atoms with Gasteiger partial charge in [-0.1, -0.05) is 55.3 Å². The van der Waals surface area contributed by atoms with Gasteiger partial charge < -0.3 is 10.1 Å². The third kappa shape index (κ3) is 3.67. The van der Waals surface area contributed by atoms with Crippen molar-refractivity contribution in [2.24, 2.45) is 11.3 Å². The second-order valence-electron chi connectivity index (χ2n) is 11.2. The number of aryl methyl sites for hydroxylation is 1. The third-order valence-corrected chi connectivity index (χ3v) is 9.53. The molecular weight excluding hydrogens is 466 g/mol. The first-order valence-corrected chi connectivity index (χ1v) is 13.6. The van der Waals surface area contributed by atoms with Crippen molar-refractivity contribution >= 4 is 28.9 Å². The second kappa shape index (κ2) is 8.97. The van der Waals surface area contributed by atoms with Crippen LogP contribution in [0.25, 0.3) is 4.85 Å². The molecule has 2 saturated carbocycles. The van der Waals surface area contributed by atoms with Gasteiger partial charge in [0.05, 0.1) is 12.7 Å². The first-order chi connectivity index (χ1) is 17.5. The predicted molar refractivity (Wildman–Crippen MR) is 144 cm³/mol. The summed E-state index contributed by atoms with van der Waals surface area (Å²) in [6.07, 6.45) is 9.87. The van der Waals surface area contributed by atoms with Gasteiger partial charge in [0.25, 0.3) is 5.91 Å². The van der Waals surface area contributed by atoms with Crippen LogP contribution >= 0.6 is 12.2 Å². The smallest absolute Gasteiger partial charge is 0.260 e. The van der Waals surface area contributed by atoms with Gasteiger partial charge in [-0.25, -0.2) is 4.85 Å². The van der Waals surface area contributed by atoms with Crippen LogP contribution in [0, 0.1) is 17.9 Å². The van der Waals surface area contributed by atoms with Gasteiger partial charge in [-0.2, -0.15) is 0 Å². The molecular formula is C30H33N3O2S. The zero-order chi connectivity index (χ0) is 24.9. The zero-order valence-corrected chi connectivity index (χ0v) is 21.7. The van der Waals surface area contributed by atoms with Crippen LogP contribution in [-0.2, 0) is 34.5 Å². The number of amides is 1. The van der Waals surface area contributed by atoms with Gasteiger partial charge in [0, 0.05) is 19.1 Å². The highest BCUT2D eigenvalue weighted by Crippen LogP contribution is 2.60. The van der Waals surface area contributed by atoms with Gasteiger partial charge in [0.15, 0.2) is 16.3 Å². The number of carbonyl (C=O) groups excluding carboxylic acids is 1. The Hall–Kier alpha value is -2.75. The van der Waals surface area contributed by atoms with E-state index in [9.17, 15) is 4.79 Å². The number of hydrogen-bond acceptors (Lipinski definition) is 3. The number of para-hydroxylation sites is 1. The summed E-state index contributed by atoms with van der Waals surface area (Å²) < 4.78 is 5.71. The number of nitrogens with zero attached hydrogens (tertiary/aromatic N) is 2. The fraction of sp³-hybridized carbons (Fsp3) is 0.500. The molecule has 0 radical (unpaired) electrons. The average molecular weight is 500 g/mol. The molecule has 0 aromatic heterocycles. The van der Waals surface area contributed by atoms with Crippen molar-refractivity contribution < 1.29 is 9.53 Å². The number of ether oxygens (including phenoxy) is 1.